The molecule has 4 rings (SSSR count). The van der Waals surface area contributed by atoms with Gasteiger partial charge in [-0.3, -0.25) is 14.9 Å². The van der Waals surface area contributed by atoms with Gasteiger partial charge in [-0.2, -0.15) is 5.10 Å². The normalized spacial score (nSPS) is 14.4. The number of aromatic nitrogens is 3. The molecule has 3 aromatic rings. The molecule has 1 unspecified atom stereocenters. The van der Waals surface area contributed by atoms with Crippen LogP contribution < -0.4 is 10.6 Å². The average Bonchev–Trinajstić information content (AvgIpc) is 3.14. The summed E-state index contributed by atoms with van der Waals surface area (Å²) in [5, 5.41) is 14.3. The average molecular weight is 382 g/mol. The zero-order valence-electron chi connectivity index (χ0n) is 14.7. The van der Waals surface area contributed by atoms with E-state index in [0.29, 0.717) is 23.7 Å². The summed E-state index contributed by atoms with van der Waals surface area (Å²) in [7, 11) is 0. The minimum atomic E-state index is -0.260. The zero-order valence-corrected chi connectivity index (χ0v) is 15.5. The minimum absolute atomic E-state index is 0.194. The van der Waals surface area contributed by atoms with E-state index >= 15 is 0 Å². The number of pyridine rings is 1. The lowest BCUT2D eigenvalue weighted by Crippen LogP contribution is -2.32. The largest absolute Gasteiger partial charge is 0.342 e. The van der Waals surface area contributed by atoms with Gasteiger partial charge in [0.05, 0.1) is 11.7 Å². The van der Waals surface area contributed by atoms with Crippen LogP contribution in [0.1, 0.15) is 39.0 Å². The maximum Gasteiger partial charge on any atom is 0.272 e. The lowest BCUT2D eigenvalue weighted by Gasteiger charge is -2.19. The van der Waals surface area contributed by atoms with E-state index in [0.717, 1.165) is 35.5 Å². The van der Waals surface area contributed by atoms with Gasteiger partial charge in [-0.1, -0.05) is 29.8 Å². The summed E-state index contributed by atoms with van der Waals surface area (Å²) in [4.78, 5) is 17.4. The number of carbonyl (C=O) groups is 1. The first-order valence-electron chi connectivity index (χ1n) is 8.94. The maximum atomic E-state index is 12.9. The fourth-order valence-electron chi connectivity index (χ4n) is 3.31. The number of nitrogens with one attached hydrogen (secondary N) is 3. The molecule has 0 fully saturated rings. The van der Waals surface area contributed by atoms with E-state index < -0.39 is 0 Å². The topological polar surface area (TPSA) is 82.7 Å². The van der Waals surface area contributed by atoms with Crippen LogP contribution in [-0.4, -0.2) is 27.6 Å². The SMILES string of the molecule is O=C(NC(Cc1ccc(Cl)cc1)c1ccccn1)c1n[nH]c2c1CNCC2. The smallest absolute Gasteiger partial charge is 0.272 e. The molecule has 7 heteroatoms. The van der Waals surface area contributed by atoms with Gasteiger partial charge in [-0.25, -0.2) is 0 Å². The van der Waals surface area contributed by atoms with Gasteiger partial charge in [0, 0.05) is 42.0 Å². The van der Waals surface area contributed by atoms with Crippen LogP contribution in [0.4, 0.5) is 0 Å². The Bertz CT molecular complexity index is 923. The second-order valence-corrected chi connectivity index (χ2v) is 7.00. The number of carbonyl (C=O) groups excluding carboxylic acids is 1. The first-order chi connectivity index (χ1) is 13.2. The number of nitrogens with zero attached hydrogens (tertiary/aromatic N) is 2. The Morgan fingerprint density at radius 1 is 1.22 bits per heavy atom. The van der Waals surface area contributed by atoms with Gasteiger partial charge in [-0.05, 0) is 36.2 Å². The maximum absolute atomic E-state index is 12.9. The fraction of sp³-hybridized carbons (Fsp3) is 0.250. The van der Waals surface area contributed by atoms with Crippen LogP contribution in [0.3, 0.4) is 0 Å². The predicted molar refractivity (Wildman–Crippen MR) is 104 cm³/mol. The van der Waals surface area contributed by atoms with Crippen molar-refractivity contribution in [3.63, 3.8) is 0 Å². The highest BCUT2D eigenvalue weighted by atomic mass is 35.5. The molecule has 1 atom stereocenters. The number of hydrogen-bond donors (Lipinski definition) is 3. The molecule has 1 aromatic carbocycles. The van der Waals surface area contributed by atoms with E-state index in [1.54, 1.807) is 6.20 Å². The van der Waals surface area contributed by atoms with Gasteiger partial charge in [0.25, 0.3) is 5.91 Å². The molecule has 2 aromatic heterocycles. The monoisotopic (exact) mass is 381 g/mol. The third-order valence-corrected chi connectivity index (χ3v) is 4.98. The van der Waals surface area contributed by atoms with Crippen molar-refractivity contribution in [1.29, 1.82) is 0 Å². The second-order valence-electron chi connectivity index (χ2n) is 6.57. The Kier molecular flexibility index (Phi) is 5.18. The molecule has 0 spiro atoms. The first-order valence-corrected chi connectivity index (χ1v) is 9.31. The summed E-state index contributed by atoms with van der Waals surface area (Å²) in [6.07, 6.45) is 3.20. The molecule has 138 valence electrons. The molecule has 0 saturated heterocycles. The lowest BCUT2D eigenvalue weighted by molar-refractivity contribution is 0.0929. The highest BCUT2D eigenvalue weighted by Crippen LogP contribution is 2.21. The van der Waals surface area contributed by atoms with Gasteiger partial charge < -0.3 is 10.6 Å². The minimum Gasteiger partial charge on any atom is -0.342 e. The number of halogens is 1. The number of benzene rings is 1. The number of aromatic amines is 1. The molecule has 1 aliphatic rings. The van der Waals surface area contributed by atoms with Crippen LogP contribution in [0.15, 0.2) is 48.7 Å². The Morgan fingerprint density at radius 3 is 2.85 bits per heavy atom. The molecule has 6 nitrogen and oxygen atoms in total. The van der Waals surface area contributed by atoms with E-state index in [1.165, 1.54) is 0 Å². The van der Waals surface area contributed by atoms with Gasteiger partial charge in [0.2, 0.25) is 0 Å². The van der Waals surface area contributed by atoms with Crippen molar-refractivity contribution in [2.24, 2.45) is 0 Å². The van der Waals surface area contributed by atoms with Crippen molar-refractivity contribution in [3.8, 4) is 0 Å². The summed E-state index contributed by atoms with van der Waals surface area (Å²) in [6.45, 7) is 1.55. The van der Waals surface area contributed by atoms with Crippen LogP contribution in [0.2, 0.25) is 5.02 Å². The third kappa shape index (κ3) is 4.02. The van der Waals surface area contributed by atoms with Crippen molar-refractivity contribution in [2.75, 3.05) is 6.54 Å². The van der Waals surface area contributed by atoms with E-state index in [-0.39, 0.29) is 11.9 Å². The molecule has 1 aliphatic heterocycles. The van der Waals surface area contributed by atoms with E-state index in [1.807, 2.05) is 42.5 Å². The van der Waals surface area contributed by atoms with Crippen molar-refractivity contribution >= 4 is 17.5 Å². The Balaban J connectivity index is 1.58. The molecular weight excluding hydrogens is 362 g/mol. The molecule has 1 amide bonds. The fourth-order valence-corrected chi connectivity index (χ4v) is 3.43. The summed E-state index contributed by atoms with van der Waals surface area (Å²) >= 11 is 5.98. The van der Waals surface area contributed by atoms with E-state index in [2.05, 4.69) is 25.8 Å². The van der Waals surface area contributed by atoms with Crippen molar-refractivity contribution < 1.29 is 4.79 Å². The molecule has 0 bridgehead atoms. The number of H-pyrrole nitrogens is 1. The summed E-state index contributed by atoms with van der Waals surface area (Å²) in [6, 6.07) is 13.1. The first kappa shape index (κ1) is 17.7. The van der Waals surface area contributed by atoms with Crippen LogP contribution >= 0.6 is 11.6 Å². The van der Waals surface area contributed by atoms with Crippen LogP contribution in [0.5, 0.6) is 0 Å². The van der Waals surface area contributed by atoms with Crippen molar-refractivity contribution in [2.45, 2.75) is 25.4 Å². The number of hydrogen-bond acceptors (Lipinski definition) is 4. The Labute approximate surface area is 162 Å². The Hall–Kier alpha value is -2.70. The van der Waals surface area contributed by atoms with Crippen molar-refractivity contribution in [1.82, 2.24) is 25.8 Å². The van der Waals surface area contributed by atoms with Gasteiger partial charge in [-0.15, -0.1) is 0 Å². The third-order valence-electron chi connectivity index (χ3n) is 4.72. The Morgan fingerprint density at radius 2 is 2.07 bits per heavy atom. The van der Waals surface area contributed by atoms with Crippen LogP contribution in [0, 0.1) is 0 Å². The molecule has 3 N–H and O–H groups in total. The predicted octanol–water partition coefficient (Wildman–Crippen LogP) is 2.82. The zero-order chi connectivity index (χ0) is 18.6. The lowest BCUT2D eigenvalue weighted by atomic mass is 10.0. The molecule has 0 radical (unpaired) electrons. The molecule has 0 aliphatic carbocycles. The quantitative estimate of drug-likeness (QED) is 0.634. The van der Waals surface area contributed by atoms with Crippen LogP contribution in [-0.2, 0) is 19.4 Å². The van der Waals surface area contributed by atoms with Gasteiger partial charge in [0.15, 0.2) is 5.69 Å². The molecular formula is C20H20ClN5O. The number of fused-ring (bicyclic) bond motifs is 1. The standard InChI is InChI=1S/C20H20ClN5O/c21-14-6-4-13(5-7-14)11-18(17-3-1-2-9-23-17)24-20(27)19-15-12-22-10-8-16(15)25-26-19/h1-7,9,18,22H,8,10-12H2,(H,24,27)(H,25,26). The second kappa shape index (κ2) is 7.90. The highest BCUT2D eigenvalue weighted by Gasteiger charge is 2.24. The van der Waals surface area contributed by atoms with E-state index in [4.69, 9.17) is 11.6 Å². The number of amides is 1. The van der Waals surface area contributed by atoms with Gasteiger partial charge >= 0.3 is 0 Å². The summed E-state index contributed by atoms with van der Waals surface area (Å²) < 4.78 is 0. The highest BCUT2D eigenvalue weighted by molar-refractivity contribution is 6.30. The molecule has 3 heterocycles. The van der Waals surface area contributed by atoms with E-state index in [9.17, 15) is 4.79 Å². The summed E-state index contributed by atoms with van der Waals surface area (Å²) in [5.74, 6) is -0.194. The van der Waals surface area contributed by atoms with Crippen molar-refractivity contribution in [3.05, 3.63) is 81.9 Å². The summed E-state index contributed by atoms with van der Waals surface area (Å²) in [5.41, 5.74) is 4.31. The van der Waals surface area contributed by atoms with Gasteiger partial charge in [0.1, 0.15) is 0 Å². The van der Waals surface area contributed by atoms with Crippen LogP contribution in [0.25, 0.3) is 0 Å². The number of rotatable bonds is 5. The molecule has 0 saturated carbocycles. The molecule has 27 heavy (non-hydrogen) atoms.